The maximum atomic E-state index is 13.1. The summed E-state index contributed by atoms with van der Waals surface area (Å²) < 4.78 is 6.81. The molecule has 2 N–H and O–H groups in total. The Kier molecular flexibility index (Phi) is 5.70. The van der Waals surface area contributed by atoms with Crippen molar-refractivity contribution >= 4 is 38.5 Å². The summed E-state index contributed by atoms with van der Waals surface area (Å²) in [4.78, 5) is 31.9. The highest BCUT2D eigenvalue weighted by atomic mass is 32.1. The third-order valence-electron chi connectivity index (χ3n) is 5.55. The van der Waals surface area contributed by atoms with E-state index in [9.17, 15) is 14.7 Å². The van der Waals surface area contributed by atoms with Crippen LogP contribution in [0.5, 0.6) is 5.88 Å². The van der Waals surface area contributed by atoms with Gasteiger partial charge in [0.2, 0.25) is 11.8 Å². The molecule has 33 heavy (non-hydrogen) atoms. The number of hydrogen-bond acceptors (Lipinski definition) is 7. The van der Waals surface area contributed by atoms with Gasteiger partial charge in [0.15, 0.2) is 5.78 Å². The largest absolute Gasteiger partial charge is 0.494 e. The van der Waals surface area contributed by atoms with E-state index in [2.05, 4.69) is 9.97 Å². The van der Waals surface area contributed by atoms with Gasteiger partial charge in [-0.1, -0.05) is 41.7 Å². The number of carbonyl (C=O) groups is 1. The minimum Gasteiger partial charge on any atom is -0.494 e. The zero-order valence-corrected chi connectivity index (χ0v) is 19.4. The molecule has 0 unspecified atom stereocenters. The normalized spacial score (nSPS) is 11.3. The zero-order chi connectivity index (χ0) is 22.9. The number of rotatable bonds is 7. The number of fused-ring (bicyclic) bond motifs is 1. The van der Waals surface area contributed by atoms with Crippen molar-refractivity contribution in [2.24, 2.45) is 0 Å². The molecule has 0 bridgehead atoms. The molecule has 0 amide bonds. The molecule has 3 aromatic heterocycles. The van der Waals surface area contributed by atoms with Crippen LogP contribution in [-0.4, -0.2) is 20.9 Å². The lowest BCUT2D eigenvalue weighted by Crippen LogP contribution is -2.03. The van der Waals surface area contributed by atoms with Crippen LogP contribution in [0.15, 0.2) is 63.1 Å². The van der Waals surface area contributed by atoms with Crippen molar-refractivity contribution in [3.63, 3.8) is 0 Å². The van der Waals surface area contributed by atoms with Crippen molar-refractivity contribution in [1.29, 1.82) is 0 Å². The number of aromatic hydroxyl groups is 1. The van der Waals surface area contributed by atoms with Crippen LogP contribution in [0.1, 0.15) is 38.7 Å². The molecule has 8 heteroatoms. The first-order valence-electron chi connectivity index (χ1n) is 10.4. The molecule has 0 spiro atoms. The summed E-state index contributed by atoms with van der Waals surface area (Å²) in [5.74, 6) is 1.24. The van der Waals surface area contributed by atoms with Crippen LogP contribution in [0.2, 0.25) is 0 Å². The minimum absolute atomic E-state index is 0.0442. The van der Waals surface area contributed by atoms with Crippen molar-refractivity contribution in [1.82, 2.24) is 9.97 Å². The third kappa shape index (κ3) is 4.27. The summed E-state index contributed by atoms with van der Waals surface area (Å²) in [6, 6.07) is 15.4. The summed E-state index contributed by atoms with van der Waals surface area (Å²) >= 11 is 2.55. The van der Waals surface area contributed by atoms with Crippen molar-refractivity contribution < 1.29 is 14.3 Å². The summed E-state index contributed by atoms with van der Waals surface area (Å²) in [6.07, 6.45) is 1.26. The Balaban J connectivity index is 1.35. The Bertz CT molecular complexity index is 1510. The van der Waals surface area contributed by atoms with Gasteiger partial charge in [0.25, 0.3) is 0 Å². The first-order chi connectivity index (χ1) is 16.0. The fourth-order valence-electron chi connectivity index (χ4n) is 3.88. The lowest BCUT2D eigenvalue weighted by molar-refractivity contribution is 0.0984. The number of carbonyl (C=O) groups excluding carboxylic acids is 1. The van der Waals surface area contributed by atoms with Crippen LogP contribution < -0.4 is 4.87 Å². The Hall–Kier alpha value is -3.49. The van der Waals surface area contributed by atoms with Gasteiger partial charge in [0, 0.05) is 40.5 Å². The van der Waals surface area contributed by atoms with Crippen LogP contribution in [0.3, 0.4) is 0 Å². The summed E-state index contributed by atoms with van der Waals surface area (Å²) in [6.45, 7) is 1.87. The highest BCUT2D eigenvalue weighted by molar-refractivity contribution is 7.17. The molecule has 0 aliphatic carbocycles. The number of H-pyrrole nitrogens is 1. The zero-order valence-electron chi connectivity index (χ0n) is 17.8. The lowest BCUT2D eigenvalue weighted by atomic mass is 9.98. The number of aryl methyl sites for hydroxylation is 2. The molecular weight excluding hydrogens is 456 g/mol. The second kappa shape index (κ2) is 8.80. The van der Waals surface area contributed by atoms with E-state index in [-0.39, 0.29) is 16.5 Å². The molecule has 166 valence electrons. The van der Waals surface area contributed by atoms with Crippen LogP contribution in [0, 0.1) is 6.92 Å². The third-order valence-corrected chi connectivity index (χ3v) is 7.41. The van der Waals surface area contributed by atoms with E-state index in [0.717, 1.165) is 44.0 Å². The summed E-state index contributed by atoms with van der Waals surface area (Å²) in [5.41, 5.74) is 3.35. The van der Waals surface area contributed by atoms with E-state index in [1.807, 2.05) is 60.8 Å². The number of thiophene rings is 1. The van der Waals surface area contributed by atoms with Crippen molar-refractivity contribution in [2.45, 2.75) is 26.2 Å². The Morgan fingerprint density at radius 3 is 2.73 bits per heavy atom. The number of benzene rings is 2. The number of oxazole rings is 1. The Morgan fingerprint density at radius 2 is 1.97 bits per heavy atom. The molecule has 2 aromatic carbocycles. The fraction of sp³-hybridized carbons (Fsp3) is 0.160. The average Bonchev–Trinajstić information content (AvgIpc) is 3.52. The Labute approximate surface area is 197 Å². The molecule has 0 saturated carbocycles. The molecular formula is C25H20N2O4S2. The molecule has 5 rings (SSSR count). The number of nitrogens with zero attached hydrogens (tertiary/aromatic N) is 1. The summed E-state index contributed by atoms with van der Waals surface area (Å²) in [7, 11) is 0. The average molecular weight is 477 g/mol. The molecule has 0 aliphatic rings. The second-order valence-electron chi connectivity index (χ2n) is 7.71. The number of aromatic amines is 1. The summed E-state index contributed by atoms with van der Waals surface area (Å²) in [5, 5.41) is 12.8. The maximum absolute atomic E-state index is 13.1. The van der Waals surface area contributed by atoms with Crippen LogP contribution in [0.25, 0.3) is 21.5 Å². The van der Waals surface area contributed by atoms with E-state index >= 15 is 0 Å². The molecule has 3 heterocycles. The number of aromatic nitrogens is 2. The molecule has 5 aromatic rings. The monoisotopic (exact) mass is 476 g/mol. The SMILES string of the molecule is Cc1oc(-c2ccccc2)nc1CCC(=O)c1ccc(Cc2sc(=O)[nH]c2O)c2sccc12. The molecule has 0 fully saturated rings. The molecule has 0 saturated heterocycles. The van der Waals surface area contributed by atoms with Crippen LogP contribution in [-0.2, 0) is 12.8 Å². The highest BCUT2D eigenvalue weighted by Gasteiger charge is 2.18. The standard InChI is InChI=1S/C25H20N2O4S2/c1-14-19(26-24(31-14)15-5-3-2-4-6-15)9-10-20(28)17-8-7-16(22-18(17)11-12-32-22)13-21-23(29)27-25(30)33-21/h2-8,11-12,29H,9-10,13H2,1H3,(H,27,30). The van der Waals surface area contributed by atoms with Gasteiger partial charge >= 0.3 is 4.87 Å². The number of nitrogens with one attached hydrogen (secondary N) is 1. The molecule has 0 atom stereocenters. The molecule has 0 aliphatic heterocycles. The van der Waals surface area contributed by atoms with Gasteiger partial charge in [0.1, 0.15) is 5.76 Å². The van der Waals surface area contributed by atoms with Crippen molar-refractivity contribution in [3.8, 4) is 17.3 Å². The first kappa shape index (κ1) is 21.4. The van der Waals surface area contributed by atoms with E-state index in [1.165, 1.54) is 0 Å². The van der Waals surface area contributed by atoms with E-state index in [4.69, 9.17) is 4.42 Å². The van der Waals surface area contributed by atoms with Crippen molar-refractivity contribution in [2.75, 3.05) is 0 Å². The predicted octanol–water partition coefficient (Wildman–Crippen LogP) is 5.73. The molecule has 6 nitrogen and oxygen atoms in total. The maximum Gasteiger partial charge on any atom is 0.307 e. The topological polar surface area (TPSA) is 96.2 Å². The van der Waals surface area contributed by atoms with Gasteiger partial charge < -0.3 is 9.52 Å². The number of Topliss-reactive ketones (excluding diaryl/α,β-unsaturated/α-hetero) is 1. The van der Waals surface area contributed by atoms with Gasteiger partial charge in [-0.15, -0.1) is 11.3 Å². The van der Waals surface area contributed by atoms with E-state index in [1.54, 1.807) is 11.3 Å². The predicted molar refractivity (Wildman–Crippen MR) is 131 cm³/mol. The quantitative estimate of drug-likeness (QED) is 0.293. The highest BCUT2D eigenvalue weighted by Crippen LogP contribution is 2.32. The van der Waals surface area contributed by atoms with Gasteiger partial charge in [-0.25, -0.2) is 4.98 Å². The lowest BCUT2D eigenvalue weighted by Gasteiger charge is -2.07. The number of ketones is 1. The number of thiazole rings is 1. The van der Waals surface area contributed by atoms with E-state index < -0.39 is 0 Å². The Morgan fingerprint density at radius 1 is 1.15 bits per heavy atom. The molecule has 0 radical (unpaired) electrons. The van der Waals surface area contributed by atoms with Gasteiger partial charge in [-0.05, 0) is 36.1 Å². The first-order valence-corrected chi connectivity index (χ1v) is 12.1. The van der Waals surface area contributed by atoms with Crippen LogP contribution >= 0.6 is 22.7 Å². The second-order valence-corrected chi connectivity index (χ2v) is 9.69. The van der Waals surface area contributed by atoms with E-state index in [0.29, 0.717) is 35.6 Å². The van der Waals surface area contributed by atoms with Gasteiger partial charge in [0.05, 0.1) is 10.6 Å². The smallest absolute Gasteiger partial charge is 0.307 e. The van der Waals surface area contributed by atoms with Crippen molar-refractivity contribution in [3.05, 3.63) is 91.0 Å². The minimum atomic E-state index is -0.282. The number of hydrogen-bond donors (Lipinski definition) is 2. The van der Waals surface area contributed by atoms with Crippen LogP contribution in [0.4, 0.5) is 0 Å². The fourth-order valence-corrected chi connectivity index (χ4v) is 5.56. The van der Waals surface area contributed by atoms with Gasteiger partial charge in [-0.2, -0.15) is 0 Å². The van der Waals surface area contributed by atoms with Gasteiger partial charge in [-0.3, -0.25) is 14.6 Å².